The van der Waals surface area contributed by atoms with E-state index in [0.717, 1.165) is 37.2 Å². The summed E-state index contributed by atoms with van der Waals surface area (Å²) in [5, 5.41) is 0.494. The summed E-state index contributed by atoms with van der Waals surface area (Å²) in [7, 11) is 0. The maximum Gasteiger partial charge on any atom is 0.329 e. The van der Waals surface area contributed by atoms with Gasteiger partial charge in [0.05, 0.1) is 10.9 Å². The fourth-order valence-electron chi connectivity index (χ4n) is 4.10. The minimum absolute atomic E-state index is 0.0229. The third-order valence-corrected chi connectivity index (χ3v) is 5.33. The number of ketones is 1. The number of aromatic amines is 1. The first-order valence-electron chi connectivity index (χ1n) is 9.26. The molecule has 2 aromatic rings. The van der Waals surface area contributed by atoms with Crippen LogP contribution in [0.25, 0.3) is 10.9 Å². The van der Waals surface area contributed by atoms with Crippen LogP contribution in [0.1, 0.15) is 64.0 Å². The quantitative estimate of drug-likeness (QED) is 0.905. The number of nitrogens with one attached hydrogen (secondary N) is 1. The molecule has 134 valence electrons. The molecule has 0 radical (unpaired) electrons. The molecule has 0 saturated heterocycles. The van der Waals surface area contributed by atoms with Crippen molar-refractivity contribution in [2.75, 3.05) is 0 Å². The number of hydrogen-bond donors (Lipinski definition) is 1. The molecule has 0 aliphatic heterocycles. The second-order valence-corrected chi connectivity index (χ2v) is 7.33. The standard InChI is InChI=1S/C20H26N2O3/c1-3-4-14-5-8-16(9-6-14)22-19(24)17-12-15(11-13(2)23)7-10-18(17)21-20(22)25/h7,10,12,14,16H,3-6,8-9,11H2,1-2H3,(H,21,25). The highest BCUT2D eigenvalue weighted by atomic mass is 16.2. The summed E-state index contributed by atoms with van der Waals surface area (Å²) in [6.07, 6.45) is 6.63. The molecule has 0 amide bonds. The SMILES string of the molecule is CCCC1CCC(n2c(=O)[nH]c3ccc(CC(C)=O)cc3c2=O)CC1. The van der Waals surface area contributed by atoms with E-state index in [9.17, 15) is 14.4 Å². The predicted molar refractivity (Wildman–Crippen MR) is 99.1 cm³/mol. The van der Waals surface area contributed by atoms with E-state index in [1.165, 1.54) is 24.3 Å². The lowest BCUT2D eigenvalue weighted by Gasteiger charge is -2.29. The Hall–Kier alpha value is -2.17. The zero-order valence-corrected chi connectivity index (χ0v) is 15.0. The van der Waals surface area contributed by atoms with Crippen LogP contribution in [0.4, 0.5) is 0 Å². The molecule has 0 bridgehead atoms. The van der Waals surface area contributed by atoms with E-state index in [1.807, 2.05) is 0 Å². The first-order valence-corrected chi connectivity index (χ1v) is 9.26. The molecule has 5 nitrogen and oxygen atoms in total. The Morgan fingerprint density at radius 2 is 1.92 bits per heavy atom. The Morgan fingerprint density at radius 1 is 1.20 bits per heavy atom. The van der Waals surface area contributed by atoms with Crippen molar-refractivity contribution >= 4 is 16.7 Å². The number of hydrogen-bond acceptors (Lipinski definition) is 3. The van der Waals surface area contributed by atoms with Crippen LogP contribution in [0, 0.1) is 5.92 Å². The van der Waals surface area contributed by atoms with Crippen molar-refractivity contribution in [2.24, 2.45) is 5.92 Å². The maximum atomic E-state index is 13.0. The van der Waals surface area contributed by atoms with E-state index < -0.39 is 0 Å². The number of carbonyl (C=O) groups excluding carboxylic acids is 1. The Bertz CT molecular complexity index is 886. The van der Waals surface area contributed by atoms with Gasteiger partial charge in [0.25, 0.3) is 5.56 Å². The fourth-order valence-corrected chi connectivity index (χ4v) is 4.10. The zero-order valence-electron chi connectivity index (χ0n) is 15.0. The highest BCUT2D eigenvalue weighted by Gasteiger charge is 2.24. The molecule has 0 spiro atoms. The van der Waals surface area contributed by atoms with Gasteiger partial charge < -0.3 is 4.98 Å². The number of benzene rings is 1. The number of nitrogens with zero attached hydrogens (tertiary/aromatic N) is 1. The summed E-state index contributed by atoms with van der Waals surface area (Å²) in [5.74, 6) is 0.775. The van der Waals surface area contributed by atoms with Gasteiger partial charge in [-0.15, -0.1) is 0 Å². The van der Waals surface area contributed by atoms with Gasteiger partial charge in [-0.1, -0.05) is 25.8 Å². The molecular formula is C20H26N2O3. The minimum atomic E-state index is -0.323. The first kappa shape index (κ1) is 17.6. The number of rotatable bonds is 5. The Morgan fingerprint density at radius 3 is 2.56 bits per heavy atom. The van der Waals surface area contributed by atoms with Crippen molar-refractivity contribution in [3.05, 3.63) is 44.6 Å². The van der Waals surface area contributed by atoms with E-state index in [0.29, 0.717) is 17.3 Å². The summed E-state index contributed by atoms with van der Waals surface area (Å²) < 4.78 is 1.40. The molecular weight excluding hydrogens is 316 g/mol. The molecule has 1 saturated carbocycles. The van der Waals surface area contributed by atoms with Gasteiger partial charge >= 0.3 is 5.69 Å². The Balaban J connectivity index is 1.97. The van der Waals surface area contributed by atoms with Gasteiger partial charge in [-0.3, -0.25) is 14.2 Å². The minimum Gasteiger partial charge on any atom is -0.307 e. The second kappa shape index (κ2) is 7.38. The van der Waals surface area contributed by atoms with Crippen molar-refractivity contribution in [1.82, 2.24) is 9.55 Å². The Labute approximate surface area is 147 Å². The van der Waals surface area contributed by atoms with Gasteiger partial charge in [-0.05, 0) is 56.2 Å². The van der Waals surface area contributed by atoms with E-state index >= 15 is 0 Å². The summed E-state index contributed by atoms with van der Waals surface area (Å²) in [6.45, 7) is 3.73. The zero-order chi connectivity index (χ0) is 18.0. The smallest absolute Gasteiger partial charge is 0.307 e. The molecule has 5 heteroatoms. The van der Waals surface area contributed by atoms with Crippen molar-refractivity contribution in [3.8, 4) is 0 Å². The summed E-state index contributed by atoms with van der Waals surface area (Å²) >= 11 is 0. The van der Waals surface area contributed by atoms with Crippen LogP contribution < -0.4 is 11.2 Å². The molecule has 1 aliphatic carbocycles. The van der Waals surface area contributed by atoms with E-state index in [1.54, 1.807) is 18.2 Å². The molecule has 1 N–H and O–H groups in total. The highest BCUT2D eigenvalue weighted by Crippen LogP contribution is 2.33. The molecule has 3 rings (SSSR count). The number of carbonyl (C=O) groups is 1. The Kier molecular flexibility index (Phi) is 5.21. The lowest BCUT2D eigenvalue weighted by Crippen LogP contribution is -2.39. The normalized spacial score (nSPS) is 20.7. The average Bonchev–Trinajstić information content (AvgIpc) is 2.57. The van der Waals surface area contributed by atoms with Crippen LogP contribution in [0.15, 0.2) is 27.8 Å². The van der Waals surface area contributed by atoms with Crippen LogP contribution in [0.5, 0.6) is 0 Å². The van der Waals surface area contributed by atoms with Gasteiger partial charge in [-0.2, -0.15) is 0 Å². The van der Waals surface area contributed by atoms with E-state index in [2.05, 4.69) is 11.9 Å². The van der Waals surface area contributed by atoms with Gasteiger partial charge in [0, 0.05) is 12.5 Å². The van der Waals surface area contributed by atoms with E-state index in [-0.39, 0.29) is 23.1 Å². The second-order valence-electron chi connectivity index (χ2n) is 7.33. The van der Waals surface area contributed by atoms with Gasteiger partial charge in [-0.25, -0.2) is 4.79 Å². The van der Waals surface area contributed by atoms with E-state index in [4.69, 9.17) is 0 Å². The number of aromatic nitrogens is 2. The van der Waals surface area contributed by atoms with Crippen molar-refractivity contribution < 1.29 is 4.79 Å². The molecule has 1 heterocycles. The highest BCUT2D eigenvalue weighted by molar-refractivity contribution is 5.82. The molecule has 0 unspecified atom stereocenters. The molecule has 1 aromatic carbocycles. The largest absolute Gasteiger partial charge is 0.329 e. The van der Waals surface area contributed by atoms with Crippen LogP contribution in [0.2, 0.25) is 0 Å². The number of Topliss-reactive ketones (excluding diaryl/α,β-unsaturated/α-hetero) is 1. The monoisotopic (exact) mass is 342 g/mol. The number of H-pyrrole nitrogens is 1. The number of fused-ring (bicyclic) bond motifs is 1. The maximum absolute atomic E-state index is 13.0. The molecule has 0 atom stereocenters. The fraction of sp³-hybridized carbons (Fsp3) is 0.550. The topological polar surface area (TPSA) is 71.9 Å². The molecule has 1 aliphatic rings. The lowest BCUT2D eigenvalue weighted by molar-refractivity contribution is -0.116. The average molecular weight is 342 g/mol. The summed E-state index contributed by atoms with van der Waals surface area (Å²) in [4.78, 5) is 39.6. The third-order valence-electron chi connectivity index (χ3n) is 5.33. The van der Waals surface area contributed by atoms with Gasteiger partial charge in [0.1, 0.15) is 5.78 Å². The summed E-state index contributed by atoms with van der Waals surface area (Å²) in [6, 6.07) is 5.23. The van der Waals surface area contributed by atoms with Gasteiger partial charge in [0.15, 0.2) is 0 Å². The van der Waals surface area contributed by atoms with Crippen LogP contribution in [-0.2, 0) is 11.2 Å². The lowest BCUT2D eigenvalue weighted by atomic mass is 9.83. The van der Waals surface area contributed by atoms with Crippen molar-refractivity contribution in [2.45, 2.75) is 64.8 Å². The van der Waals surface area contributed by atoms with Crippen LogP contribution in [0.3, 0.4) is 0 Å². The molecule has 25 heavy (non-hydrogen) atoms. The molecule has 1 aromatic heterocycles. The molecule has 1 fully saturated rings. The van der Waals surface area contributed by atoms with Crippen molar-refractivity contribution in [3.63, 3.8) is 0 Å². The predicted octanol–water partition coefficient (Wildman–Crippen LogP) is 3.35. The third kappa shape index (κ3) is 3.75. The van der Waals surface area contributed by atoms with Crippen LogP contribution in [-0.4, -0.2) is 15.3 Å². The summed E-state index contributed by atoms with van der Waals surface area (Å²) in [5.41, 5.74) is 0.791. The van der Waals surface area contributed by atoms with Crippen molar-refractivity contribution in [1.29, 1.82) is 0 Å². The first-order chi connectivity index (χ1) is 12.0. The van der Waals surface area contributed by atoms with Crippen LogP contribution >= 0.6 is 0 Å². The van der Waals surface area contributed by atoms with Gasteiger partial charge in [0.2, 0.25) is 0 Å².